The van der Waals surface area contributed by atoms with Gasteiger partial charge in [-0.3, -0.25) is 4.79 Å². The molecule has 4 nitrogen and oxygen atoms in total. The highest BCUT2D eigenvalue weighted by atomic mass is 16.7. The van der Waals surface area contributed by atoms with Crippen LogP contribution >= 0.6 is 0 Å². The second-order valence-electron chi connectivity index (χ2n) is 8.02. The number of esters is 1. The van der Waals surface area contributed by atoms with Crippen LogP contribution in [0.5, 0.6) is 0 Å². The molecule has 0 aromatic heterocycles. The van der Waals surface area contributed by atoms with Crippen LogP contribution in [0.1, 0.15) is 70.6 Å². The second kappa shape index (κ2) is 9.19. The topological polar surface area (TPSA) is 44.8 Å². The molecule has 4 heteroatoms. The van der Waals surface area contributed by atoms with E-state index in [2.05, 4.69) is 0 Å². The zero-order chi connectivity index (χ0) is 16.8. The fourth-order valence-corrected chi connectivity index (χ4v) is 5.02. The normalized spacial score (nSPS) is 35.5. The van der Waals surface area contributed by atoms with Crippen LogP contribution in [0.25, 0.3) is 0 Å². The number of hydrogen-bond donors (Lipinski definition) is 0. The number of methoxy groups -OCH3 is 1. The molecule has 138 valence electrons. The van der Waals surface area contributed by atoms with Crippen molar-refractivity contribution < 1.29 is 19.0 Å². The molecule has 0 radical (unpaired) electrons. The molecule has 2 saturated carbocycles. The van der Waals surface area contributed by atoms with Gasteiger partial charge < -0.3 is 14.2 Å². The fourth-order valence-electron chi connectivity index (χ4n) is 5.02. The number of ether oxygens (including phenoxy) is 3. The molecule has 0 amide bonds. The van der Waals surface area contributed by atoms with Crippen molar-refractivity contribution in [3.05, 3.63) is 0 Å². The van der Waals surface area contributed by atoms with E-state index in [1.807, 2.05) is 0 Å². The molecule has 0 bridgehead atoms. The quantitative estimate of drug-likeness (QED) is 0.701. The smallest absolute Gasteiger partial charge is 0.308 e. The van der Waals surface area contributed by atoms with Gasteiger partial charge in [0.25, 0.3) is 0 Å². The van der Waals surface area contributed by atoms with Crippen molar-refractivity contribution in [2.75, 3.05) is 20.3 Å². The molecule has 1 saturated heterocycles. The minimum atomic E-state index is 0.00399. The fraction of sp³-hybridized carbons (Fsp3) is 0.950. The summed E-state index contributed by atoms with van der Waals surface area (Å²) in [6.07, 6.45) is 13.4. The third kappa shape index (κ3) is 4.95. The Balaban J connectivity index is 1.33. The second-order valence-corrected chi connectivity index (χ2v) is 8.02. The lowest BCUT2D eigenvalue weighted by Crippen LogP contribution is -2.29. The van der Waals surface area contributed by atoms with Crippen molar-refractivity contribution in [1.29, 1.82) is 0 Å². The largest absolute Gasteiger partial charge is 0.469 e. The van der Waals surface area contributed by atoms with Gasteiger partial charge in [-0.15, -0.1) is 0 Å². The van der Waals surface area contributed by atoms with Crippen LogP contribution in [-0.2, 0) is 19.0 Å². The summed E-state index contributed by atoms with van der Waals surface area (Å²) in [6, 6.07) is 0. The molecule has 1 heterocycles. The third-order valence-electron chi connectivity index (χ3n) is 6.57. The molecule has 2 aliphatic carbocycles. The SMILES string of the molecule is COC(=O)C1CCC(C2CCC(CCC3OCCCO3)CC2)CC1. The molecule has 0 N–H and O–H groups in total. The van der Waals surface area contributed by atoms with Crippen LogP contribution in [-0.4, -0.2) is 32.6 Å². The standard InChI is InChI=1S/C20H34O4/c1-22-20(21)18-10-8-17(9-11-18)16-6-3-15(4-7-16)5-12-19-23-13-2-14-24-19/h15-19H,2-14H2,1H3. The predicted molar refractivity (Wildman–Crippen MR) is 92.5 cm³/mol. The van der Waals surface area contributed by atoms with E-state index in [-0.39, 0.29) is 18.2 Å². The Kier molecular flexibility index (Phi) is 6.96. The molecule has 3 rings (SSSR count). The summed E-state index contributed by atoms with van der Waals surface area (Å²) in [4.78, 5) is 11.7. The average Bonchev–Trinajstić information content (AvgIpc) is 2.67. The number of hydrogen-bond acceptors (Lipinski definition) is 4. The lowest BCUT2D eigenvalue weighted by Gasteiger charge is -2.37. The van der Waals surface area contributed by atoms with Gasteiger partial charge in [0, 0.05) is 0 Å². The van der Waals surface area contributed by atoms with Crippen molar-refractivity contribution in [3.63, 3.8) is 0 Å². The highest BCUT2D eigenvalue weighted by Gasteiger charge is 2.33. The minimum absolute atomic E-state index is 0.00399. The van der Waals surface area contributed by atoms with Crippen molar-refractivity contribution in [3.8, 4) is 0 Å². The first kappa shape index (κ1) is 18.2. The summed E-state index contributed by atoms with van der Waals surface area (Å²) < 4.78 is 16.2. The van der Waals surface area contributed by atoms with E-state index in [9.17, 15) is 4.79 Å². The zero-order valence-electron chi connectivity index (χ0n) is 15.2. The van der Waals surface area contributed by atoms with Gasteiger partial charge >= 0.3 is 5.97 Å². The summed E-state index contributed by atoms with van der Waals surface area (Å²) in [5.74, 6) is 2.77. The van der Waals surface area contributed by atoms with Gasteiger partial charge in [-0.25, -0.2) is 0 Å². The Morgan fingerprint density at radius 3 is 2.04 bits per heavy atom. The van der Waals surface area contributed by atoms with Gasteiger partial charge in [0.2, 0.25) is 0 Å². The highest BCUT2D eigenvalue weighted by Crippen LogP contribution is 2.42. The molecule has 0 aromatic rings. The number of rotatable bonds is 5. The average molecular weight is 338 g/mol. The molecule has 0 atom stereocenters. The Hall–Kier alpha value is -0.610. The predicted octanol–water partition coefficient (Wildman–Crippen LogP) is 4.32. The summed E-state index contributed by atoms with van der Waals surface area (Å²) in [7, 11) is 1.51. The first-order valence-electron chi connectivity index (χ1n) is 10.1. The molecule has 0 spiro atoms. The molecule has 3 aliphatic rings. The monoisotopic (exact) mass is 338 g/mol. The Morgan fingerprint density at radius 1 is 0.875 bits per heavy atom. The molecular weight excluding hydrogens is 304 g/mol. The molecule has 24 heavy (non-hydrogen) atoms. The van der Waals surface area contributed by atoms with Gasteiger partial charge in [-0.2, -0.15) is 0 Å². The molecular formula is C20H34O4. The number of carbonyl (C=O) groups is 1. The van der Waals surface area contributed by atoms with Crippen molar-refractivity contribution in [1.82, 2.24) is 0 Å². The van der Waals surface area contributed by atoms with Gasteiger partial charge in [0.15, 0.2) is 6.29 Å². The van der Waals surface area contributed by atoms with Gasteiger partial charge in [-0.1, -0.05) is 12.8 Å². The van der Waals surface area contributed by atoms with Crippen molar-refractivity contribution in [2.45, 2.75) is 76.9 Å². The minimum Gasteiger partial charge on any atom is -0.469 e. The summed E-state index contributed by atoms with van der Waals surface area (Å²) in [5, 5.41) is 0. The number of carbonyl (C=O) groups excluding carboxylic acids is 1. The Bertz CT molecular complexity index is 375. The van der Waals surface area contributed by atoms with Crippen LogP contribution in [0.2, 0.25) is 0 Å². The van der Waals surface area contributed by atoms with E-state index in [1.165, 1.54) is 52.1 Å². The molecule has 1 aliphatic heterocycles. The van der Waals surface area contributed by atoms with E-state index < -0.39 is 0 Å². The molecule has 3 fully saturated rings. The first-order chi connectivity index (χ1) is 11.8. The highest BCUT2D eigenvalue weighted by molar-refractivity contribution is 5.72. The van der Waals surface area contributed by atoms with Crippen LogP contribution in [0, 0.1) is 23.7 Å². The maximum absolute atomic E-state index is 11.7. The van der Waals surface area contributed by atoms with Gasteiger partial charge in [0.1, 0.15) is 0 Å². The van der Waals surface area contributed by atoms with Crippen LogP contribution in [0.3, 0.4) is 0 Å². The molecule has 0 aromatic carbocycles. The lowest BCUT2D eigenvalue weighted by atomic mass is 9.68. The van der Waals surface area contributed by atoms with Gasteiger partial charge in [-0.05, 0) is 75.5 Å². The molecule has 0 unspecified atom stereocenters. The van der Waals surface area contributed by atoms with Crippen LogP contribution in [0.4, 0.5) is 0 Å². The van der Waals surface area contributed by atoms with Crippen LogP contribution in [0.15, 0.2) is 0 Å². The van der Waals surface area contributed by atoms with E-state index in [4.69, 9.17) is 14.2 Å². The van der Waals surface area contributed by atoms with E-state index in [1.54, 1.807) is 0 Å². The maximum Gasteiger partial charge on any atom is 0.308 e. The Morgan fingerprint density at radius 2 is 1.46 bits per heavy atom. The lowest BCUT2D eigenvalue weighted by molar-refractivity contribution is -0.183. The van der Waals surface area contributed by atoms with Gasteiger partial charge in [0.05, 0.1) is 26.2 Å². The Labute approximate surface area is 146 Å². The summed E-state index contributed by atoms with van der Waals surface area (Å²) >= 11 is 0. The van der Waals surface area contributed by atoms with E-state index >= 15 is 0 Å². The first-order valence-corrected chi connectivity index (χ1v) is 10.1. The van der Waals surface area contributed by atoms with E-state index in [0.717, 1.165) is 56.7 Å². The summed E-state index contributed by atoms with van der Waals surface area (Å²) in [5.41, 5.74) is 0. The van der Waals surface area contributed by atoms with E-state index in [0.29, 0.717) is 0 Å². The van der Waals surface area contributed by atoms with Crippen LogP contribution < -0.4 is 0 Å². The van der Waals surface area contributed by atoms with Crippen molar-refractivity contribution >= 4 is 5.97 Å². The van der Waals surface area contributed by atoms with Crippen molar-refractivity contribution in [2.24, 2.45) is 23.7 Å². The summed E-state index contributed by atoms with van der Waals surface area (Å²) in [6.45, 7) is 1.73. The maximum atomic E-state index is 11.7. The zero-order valence-corrected chi connectivity index (χ0v) is 15.2. The third-order valence-corrected chi connectivity index (χ3v) is 6.57.